The van der Waals surface area contributed by atoms with E-state index in [1.54, 1.807) is 18.5 Å². The molecule has 0 spiro atoms. The summed E-state index contributed by atoms with van der Waals surface area (Å²) in [7, 11) is 0. The quantitative estimate of drug-likeness (QED) is 0.814. The topological polar surface area (TPSA) is 43.8 Å². The molecule has 0 bridgehead atoms. The number of nitrogen functional groups attached to an aromatic ring is 1. The monoisotopic (exact) mass is 205 g/mol. The van der Waals surface area contributed by atoms with Gasteiger partial charge in [-0.3, -0.25) is 0 Å². The number of anilines is 1. The van der Waals surface area contributed by atoms with Crippen molar-refractivity contribution in [2.45, 2.75) is 13.5 Å². The summed E-state index contributed by atoms with van der Waals surface area (Å²) >= 11 is 0. The van der Waals surface area contributed by atoms with E-state index in [2.05, 4.69) is 4.98 Å². The summed E-state index contributed by atoms with van der Waals surface area (Å²) in [5.74, 6) is 0.258. The minimum Gasteiger partial charge on any atom is -0.369 e. The third-order valence-electron chi connectivity index (χ3n) is 2.39. The first-order valence-corrected chi connectivity index (χ1v) is 4.68. The molecule has 0 aliphatic heterocycles. The predicted molar refractivity (Wildman–Crippen MR) is 56.9 cm³/mol. The van der Waals surface area contributed by atoms with E-state index in [1.165, 1.54) is 12.1 Å². The van der Waals surface area contributed by atoms with Gasteiger partial charge in [0.15, 0.2) is 5.95 Å². The van der Waals surface area contributed by atoms with Crippen LogP contribution in [0.15, 0.2) is 30.6 Å². The van der Waals surface area contributed by atoms with Crippen molar-refractivity contribution >= 4 is 5.95 Å². The van der Waals surface area contributed by atoms with Crippen LogP contribution in [0.4, 0.5) is 10.3 Å². The lowest BCUT2D eigenvalue weighted by Gasteiger charge is -2.07. The van der Waals surface area contributed by atoms with Gasteiger partial charge in [0.25, 0.3) is 0 Å². The molecule has 0 fully saturated rings. The minimum atomic E-state index is -0.213. The van der Waals surface area contributed by atoms with Crippen LogP contribution in [0.2, 0.25) is 0 Å². The van der Waals surface area contributed by atoms with Crippen molar-refractivity contribution in [3.05, 3.63) is 47.5 Å². The maximum absolute atomic E-state index is 12.9. The van der Waals surface area contributed by atoms with E-state index in [1.807, 2.05) is 11.5 Å². The molecule has 0 saturated carbocycles. The summed E-state index contributed by atoms with van der Waals surface area (Å²) < 4.78 is 14.7. The van der Waals surface area contributed by atoms with E-state index in [0.29, 0.717) is 12.5 Å². The average molecular weight is 205 g/mol. The largest absolute Gasteiger partial charge is 0.369 e. The Bertz CT molecular complexity index is 476. The molecule has 2 aromatic rings. The van der Waals surface area contributed by atoms with E-state index in [4.69, 9.17) is 5.73 Å². The molecular formula is C11H12FN3. The number of aryl methyl sites for hydroxylation is 1. The lowest BCUT2D eigenvalue weighted by molar-refractivity contribution is 0.625. The normalized spacial score (nSPS) is 10.5. The van der Waals surface area contributed by atoms with Crippen LogP contribution < -0.4 is 5.73 Å². The average Bonchev–Trinajstić information content (AvgIpc) is 2.57. The van der Waals surface area contributed by atoms with Gasteiger partial charge < -0.3 is 10.3 Å². The molecule has 0 unspecified atom stereocenters. The summed E-state index contributed by atoms with van der Waals surface area (Å²) in [5.41, 5.74) is 7.61. The Labute approximate surface area is 87.4 Å². The minimum absolute atomic E-state index is 0.213. The van der Waals surface area contributed by atoms with Crippen LogP contribution in [0.1, 0.15) is 11.1 Å². The molecule has 1 heterocycles. The number of aromatic nitrogens is 2. The van der Waals surface area contributed by atoms with Crippen molar-refractivity contribution < 1.29 is 4.39 Å². The molecule has 3 nitrogen and oxygen atoms in total. The van der Waals surface area contributed by atoms with Gasteiger partial charge in [0.05, 0.1) is 6.54 Å². The highest BCUT2D eigenvalue weighted by molar-refractivity contribution is 5.29. The Morgan fingerprint density at radius 3 is 2.87 bits per heavy atom. The first-order valence-electron chi connectivity index (χ1n) is 4.68. The molecule has 0 atom stereocenters. The van der Waals surface area contributed by atoms with Gasteiger partial charge in [0, 0.05) is 12.4 Å². The third-order valence-corrected chi connectivity index (χ3v) is 2.39. The fourth-order valence-corrected chi connectivity index (χ4v) is 1.49. The highest BCUT2D eigenvalue weighted by atomic mass is 19.1. The van der Waals surface area contributed by atoms with E-state index < -0.39 is 0 Å². The van der Waals surface area contributed by atoms with Crippen LogP contribution in [0, 0.1) is 12.7 Å². The smallest absolute Gasteiger partial charge is 0.200 e. The van der Waals surface area contributed by atoms with Crippen molar-refractivity contribution in [3.8, 4) is 0 Å². The summed E-state index contributed by atoms with van der Waals surface area (Å²) in [6, 6.07) is 4.74. The molecule has 0 amide bonds. The molecule has 2 rings (SSSR count). The van der Waals surface area contributed by atoms with Gasteiger partial charge in [-0.15, -0.1) is 0 Å². The SMILES string of the molecule is Cc1cc(F)ccc1Cn1ccnc1N. The second kappa shape index (κ2) is 3.73. The number of nitrogens with zero attached hydrogens (tertiary/aromatic N) is 2. The highest BCUT2D eigenvalue weighted by Gasteiger charge is 2.03. The van der Waals surface area contributed by atoms with Crippen molar-refractivity contribution in [2.75, 3.05) is 5.73 Å². The number of nitrogens with two attached hydrogens (primary N) is 1. The van der Waals surface area contributed by atoms with Gasteiger partial charge in [-0.25, -0.2) is 9.37 Å². The zero-order chi connectivity index (χ0) is 10.8. The van der Waals surface area contributed by atoms with Crippen LogP contribution in [0.25, 0.3) is 0 Å². The van der Waals surface area contributed by atoms with Crippen LogP contribution >= 0.6 is 0 Å². The number of hydrogen-bond donors (Lipinski definition) is 1. The number of halogens is 1. The van der Waals surface area contributed by atoms with Gasteiger partial charge in [0.1, 0.15) is 5.82 Å². The summed E-state index contributed by atoms with van der Waals surface area (Å²) in [5, 5.41) is 0. The second-order valence-corrected chi connectivity index (χ2v) is 3.48. The van der Waals surface area contributed by atoms with Crippen LogP contribution in [0.5, 0.6) is 0 Å². The zero-order valence-electron chi connectivity index (χ0n) is 8.44. The molecule has 15 heavy (non-hydrogen) atoms. The Balaban J connectivity index is 2.29. The van der Waals surface area contributed by atoms with Gasteiger partial charge >= 0.3 is 0 Å². The molecular weight excluding hydrogens is 193 g/mol. The number of benzene rings is 1. The van der Waals surface area contributed by atoms with Crippen LogP contribution in [0.3, 0.4) is 0 Å². The number of hydrogen-bond acceptors (Lipinski definition) is 2. The van der Waals surface area contributed by atoms with Gasteiger partial charge in [0.2, 0.25) is 0 Å². The molecule has 0 saturated heterocycles. The molecule has 78 valence electrons. The number of imidazole rings is 1. The molecule has 4 heteroatoms. The second-order valence-electron chi connectivity index (χ2n) is 3.48. The third kappa shape index (κ3) is 1.98. The van der Waals surface area contributed by atoms with Crippen molar-refractivity contribution in [2.24, 2.45) is 0 Å². The Kier molecular flexibility index (Phi) is 2.41. The van der Waals surface area contributed by atoms with E-state index in [9.17, 15) is 4.39 Å². The lowest BCUT2D eigenvalue weighted by atomic mass is 10.1. The maximum Gasteiger partial charge on any atom is 0.200 e. The molecule has 0 aliphatic carbocycles. The Morgan fingerprint density at radius 2 is 2.27 bits per heavy atom. The summed E-state index contributed by atoms with van der Waals surface area (Å²) in [4.78, 5) is 3.93. The Morgan fingerprint density at radius 1 is 1.47 bits per heavy atom. The first-order chi connectivity index (χ1) is 7.16. The van der Waals surface area contributed by atoms with Crippen LogP contribution in [-0.4, -0.2) is 9.55 Å². The van der Waals surface area contributed by atoms with Crippen molar-refractivity contribution in [1.82, 2.24) is 9.55 Å². The fourth-order valence-electron chi connectivity index (χ4n) is 1.49. The standard InChI is InChI=1S/C11H12FN3/c1-8-6-10(12)3-2-9(8)7-15-5-4-14-11(15)13/h2-6H,7H2,1H3,(H2,13,14). The molecule has 2 N–H and O–H groups in total. The Hall–Kier alpha value is -1.84. The zero-order valence-corrected chi connectivity index (χ0v) is 8.44. The van der Waals surface area contributed by atoms with Gasteiger partial charge in [-0.1, -0.05) is 6.07 Å². The predicted octanol–water partition coefficient (Wildman–Crippen LogP) is 1.96. The molecule has 0 radical (unpaired) electrons. The summed E-state index contributed by atoms with van der Waals surface area (Å²) in [6.07, 6.45) is 3.45. The lowest BCUT2D eigenvalue weighted by Crippen LogP contribution is -2.04. The van der Waals surface area contributed by atoms with E-state index in [0.717, 1.165) is 11.1 Å². The highest BCUT2D eigenvalue weighted by Crippen LogP contribution is 2.13. The van der Waals surface area contributed by atoms with Gasteiger partial charge in [-0.05, 0) is 30.2 Å². The van der Waals surface area contributed by atoms with Crippen molar-refractivity contribution in [3.63, 3.8) is 0 Å². The first kappa shape index (κ1) is 9.71. The van der Waals surface area contributed by atoms with E-state index >= 15 is 0 Å². The summed E-state index contributed by atoms with van der Waals surface area (Å²) in [6.45, 7) is 2.50. The molecule has 1 aromatic heterocycles. The fraction of sp³-hybridized carbons (Fsp3) is 0.182. The number of rotatable bonds is 2. The maximum atomic E-state index is 12.9. The molecule has 1 aromatic carbocycles. The van der Waals surface area contributed by atoms with Gasteiger partial charge in [-0.2, -0.15) is 0 Å². The molecule has 0 aliphatic rings. The van der Waals surface area contributed by atoms with Crippen LogP contribution in [-0.2, 0) is 6.54 Å². The van der Waals surface area contributed by atoms with Crippen molar-refractivity contribution in [1.29, 1.82) is 0 Å². The van der Waals surface area contributed by atoms with E-state index in [-0.39, 0.29) is 5.82 Å².